The molecule has 1 aromatic rings. The van der Waals surface area contributed by atoms with Gasteiger partial charge in [0.25, 0.3) is 0 Å². The molecule has 0 saturated heterocycles. The SMILES string of the molecule is CC1CCc2c([13CH3])[13cH]oc2C1. The zero-order valence-corrected chi connectivity index (χ0v) is 7.18. The summed E-state index contributed by atoms with van der Waals surface area (Å²) in [6, 6.07) is 0. The van der Waals surface area contributed by atoms with E-state index in [1.807, 2.05) is 6.26 Å². The summed E-state index contributed by atoms with van der Waals surface area (Å²) < 4.78 is 5.46. The van der Waals surface area contributed by atoms with Crippen molar-refractivity contribution in [1.82, 2.24) is 0 Å². The third kappa shape index (κ3) is 1.09. The molecule has 0 aliphatic heterocycles. The van der Waals surface area contributed by atoms with Gasteiger partial charge in [-0.15, -0.1) is 0 Å². The summed E-state index contributed by atoms with van der Waals surface area (Å²) in [4.78, 5) is 0. The molecule has 0 bridgehead atoms. The normalized spacial score (nSPS) is 23.3. The van der Waals surface area contributed by atoms with Gasteiger partial charge in [0.15, 0.2) is 0 Å². The number of hydrogen-bond acceptors (Lipinski definition) is 1. The van der Waals surface area contributed by atoms with Crippen LogP contribution in [0.2, 0.25) is 0 Å². The van der Waals surface area contributed by atoms with E-state index in [0.717, 1.165) is 12.3 Å². The van der Waals surface area contributed by atoms with Crippen molar-refractivity contribution in [3.63, 3.8) is 0 Å². The van der Waals surface area contributed by atoms with Gasteiger partial charge < -0.3 is 4.42 Å². The lowest BCUT2D eigenvalue weighted by Gasteiger charge is -2.16. The Bertz CT molecular complexity index is 260. The van der Waals surface area contributed by atoms with Gasteiger partial charge >= 0.3 is 0 Å². The molecular weight excluding hydrogens is 138 g/mol. The molecule has 0 radical (unpaired) electrons. The van der Waals surface area contributed by atoms with Crippen molar-refractivity contribution in [1.29, 1.82) is 0 Å². The summed E-state index contributed by atoms with van der Waals surface area (Å²) in [5, 5.41) is 0. The van der Waals surface area contributed by atoms with E-state index in [1.54, 1.807) is 0 Å². The third-order valence-corrected chi connectivity index (χ3v) is 2.61. The van der Waals surface area contributed by atoms with Crippen LogP contribution in [0.1, 0.15) is 30.2 Å². The molecule has 1 unspecified atom stereocenters. The van der Waals surface area contributed by atoms with Crippen molar-refractivity contribution in [3.05, 3.63) is 23.2 Å². The predicted octanol–water partition coefficient (Wildman–Crippen LogP) is 2.71. The molecule has 0 saturated carbocycles. The second kappa shape index (κ2) is 2.40. The molecule has 1 aromatic heterocycles. The third-order valence-electron chi connectivity index (χ3n) is 2.61. The van der Waals surface area contributed by atoms with Crippen LogP contribution in [0.4, 0.5) is 0 Å². The largest absolute Gasteiger partial charge is 0.469 e. The molecule has 60 valence electrons. The highest BCUT2D eigenvalue weighted by atomic mass is 16.4. The molecule has 0 spiro atoms. The maximum atomic E-state index is 5.46. The van der Waals surface area contributed by atoms with E-state index in [1.165, 1.54) is 29.7 Å². The molecule has 0 N–H and O–H groups in total. The van der Waals surface area contributed by atoms with Gasteiger partial charge in [-0.2, -0.15) is 0 Å². The average Bonchev–Trinajstić information content (AvgIpc) is 2.32. The molecule has 11 heavy (non-hydrogen) atoms. The van der Waals surface area contributed by atoms with Gasteiger partial charge in [-0.1, -0.05) is 6.92 Å². The van der Waals surface area contributed by atoms with Gasteiger partial charge in [0.05, 0.1) is 6.26 Å². The van der Waals surface area contributed by atoms with Gasteiger partial charge in [-0.05, 0) is 36.8 Å². The minimum absolute atomic E-state index is 0.813. The number of rotatable bonds is 0. The van der Waals surface area contributed by atoms with E-state index in [9.17, 15) is 0 Å². The second-order valence-electron chi connectivity index (χ2n) is 3.67. The van der Waals surface area contributed by atoms with Gasteiger partial charge in [-0.25, -0.2) is 0 Å². The molecule has 1 heterocycles. The average molecular weight is 152 g/mol. The van der Waals surface area contributed by atoms with Crippen molar-refractivity contribution in [3.8, 4) is 0 Å². The molecule has 1 heteroatoms. The molecule has 1 aliphatic carbocycles. The summed E-state index contributed by atoms with van der Waals surface area (Å²) in [5.41, 5.74) is 2.81. The fraction of sp³-hybridized carbons (Fsp3) is 0.600. The lowest BCUT2D eigenvalue weighted by atomic mass is 9.89. The number of hydrogen-bond donors (Lipinski definition) is 0. The summed E-state index contributed by atoms with van der Waals surface area (Å²) in [5.74, 6) is 2.05. The van der Waals surface area contributed by atoms with Crippen LogP contribution >= 0.6 is 0 Å². The zero-order chi connectivity index (χ0) is 7.84. The summed E-state index contributed by atoms with van der Waals surface area (Å²) in [6.07, 6.45) is 5.58. The Hall–Kier alpha value is -0.720. The van der Waals surface area contributed by atoms with Crippen molar-refractivity contribution in [2.75, 3.05) is 0 Å². The van der Waals surface area contributed by atoms with Crippen molar-refractivity contribution >= 4 is 0 Å². The van der Waals surface area contributed by atoms with Crippen LogP contribution in [0, 0.1) is 12.8 Å². The van der Waals surface area contributed by atoms with Crippen molar-refractivity contribution in [2.45, 2.75) is 33.1 Å². The maximum absolute atomic E-state index is 5.46. The molecule has 0 amide bonds. The van der Waals surface area contributed by atoms with Crippen molar-refractivity contribution in [2.24, 2.45) is 5.92 Å². The van der Waals surface area contributed by atoms with E-state index in [2.05, 4.69) is 13.8 Å². The highest BCUT2D eigenvalue weighted by Crippen LogP contribution is 2.28. The Kier molecular flexibility index (Phi) is 1.52. The first-order valence-corrected chi connectivity index (χ1v) is 4.33. The lowest BCUT2D eigenvalue weighted by molar-refractivity contribution is 0.413. The lowest BCUT2D eigenvalue weighted by Crippen LogP contribution is -2.09. The minimum Gasteiger partial charge on any atom is -0.469 e. The summed E-state index contributed by atoms with van der Waals surface area (Å²) in [6.45, 7) is 4.43. The summed E-state index contributed by atoms with van der Waals surface area (Å²) in [7, 11) is 0. The molecule has 0 fully saturated rings. The molecule has 1 aliphatic rings. The Morgan fingerprint density at radius 1 is 1.55 bits per heavy atom. The van der Waals surface area contributed by atoms with Crippen LogP contribution < -0.4 is 0 Å². The van der Waals surface area contributed by atoms with Gasteiger partial charge in [0, 0.05) is 6.42 Å². The second-order valence-corrected chi connectivity index (χ2v) is 3.67. The van der Waals surface area contributed by atoms with Crippen LogP contribution in [0.15, 0.2) is 10.7 Å². The smallest absolute Gasteiger partial charge is 0.107 e. The maximum Gasteiger partial charge on any atom is 0.107 e. The molecule has 1 nitrogen and oxygen atoms in total. The van der Waals surface area contributed by atoms with E-state index in [-0.39, 0.29) is 0 Å². The Labute approximate surface area is 67.4 Å². The molecular formula is C10H14O. The Balaban J connectivity index is 2.36. The van der Waals surface area contributed by atoms with Crippen LogP contribution in [0.25, 0.3) is 0 Å². The minimum atomic E-state index is 0.813. The molecule has 2 rings (SSSR count). The zero-order valence-electron chi connectivity index (χ0n) is 7.18. The van der Waals surface area contributed by atoms with E-state index in [0.29, 0.717) is 0 Å². The monoisotopic (exact) mass is 152 g/mol. The van der Waals surface area contributed by atoms with Gasteiger partial charge in [-0.3, -0.25) is 0 Å². The highest BCUT2D eigenvalue weighted by molar-refractivity contribution is 5.28. The van der Waals surface area contributed by atoms with Crippen LogP contribution in [-0.4, -0.2) is 0 Å². The number of aryl methyl sites for hydroxylation is 1. The first-order chi connectivity index (χ1) is 5.27. The quantitative estimate of drug-likeness (QED) is 0.521. The van der Waals surface area contributed by atoms with Crippen LogP contribution in [0.5, 0.6) is 0 Å². The Morgan fingerprint density at radius 3 is 3.18 bits per heavy atom. The van der Waals surface area contributed by atoms with Crippen molar-refractivity contribution < 1.29 is 4.42 Å². The topological polar surface area (TPSA) is 13.1 Å². The van der Waals surface area contributed by atoms with Crippen LogP contribution in [0.3, 0.4) is 0 Å². The van der Waals surface area contributed by atoms with E-state index in [4.69, 9.17) is 4.42 Å². The van der Waals surface area contributed by atoms with Gasteiger partial charge in [0.1, 0.15) is 5.76 Å². The predicted molar refractivity (Wildman–Crippen MR) is 44.6 cm³/mol. The molecule has 1 atom stereocenters. The van der Waals surface area contributed by atoms with Gasteiger partial charge in [0.2, 0.25) is 0 Å². The van der Waals surface area contributed by atoms with E-state index >= 15 is 0 Å². The summed E-state index contributed by atoms with van der Waals surface area (Å²) >= 11 is 0. The molecule has 0 aromatic carbocycles. The number of fused-ring (bicyclic) bond motifs is 1. The Morgan fingerprint density at radius 2 is 2.36 bits per heavy atom. The first kappa shape index (κ1) is 6.96. The fourth-order valence-corrected chi connectivity index (χ4v) is 1.84. The van der Waals surface area contributed by atoms with Crippen LogP contribution in [-0.2, 0) is 12.8 Å². The highest BCUT2D eigenvalue weighted by Gasteiger charge is 2.19. The number of furan rings is 1. The fourth-order valence-electron chi connectivity index (χ4n) is 1.84. The first-order valence-electron chi connectivity index (χ1n) is 4.33. The van der Waals surface area contributed by atoms with E-state index < -0.39 is 0 Å². The standard InChI is InChI=1S/C10H14O/c1-7-3-4-9-8(2)6-11-10(9)5-7/h6-7H,3-5H2,1-2H3/i2+1,6+1.